The van der Waals surface area contributed by atoms with Crippen molar-refractivity contribution in [2.45, 2.75) is 13.3 Å². The zero-order valence-corrected chi connectivity index (χ0v) is 7.71. The number of nitrogens with two attached hydrogens (primary N) is 1. The van der Waals surface area contributed by atoms with E-state index in [4.69, 9.17) is 5.73 Å². The van der Waals surface area contributed by atoms with Crippen LogP contribution in [-0.4, -0.2) is 5.91 Å². The highest BCUT2D eigenvalue weighted by Crippen LogP contribution is 2.17. The van der Waals surface area contributed by atoms with E-state index >= 15 is 0 Å². The summed E-state index contributed by atoms with van der Waals surface area (Å²) in [5.41, 5.74) is 7.24. The summed E-state index contributed by atoms with van der Waals surface area (Å²) in [6.45, 7) is 5.43. The summed E-state index contributed by atoms with van der Waals surface area (Å²) in [6, 6.07) is 0. The van der Waals surface area contributed by atoms with Crippen molar-refractivity contribution in [3.05, 3.63) is 36.2 Å². The molecule has 0 aromatic carbocycles. The predicted molar refractivity (Wildman–Crippen MR) is 52.5 cm³/mol. The molecule has 1 aliphatic rings. The molecular formula is C10H14N2O. The molecule has 3 nitrogen and oxygen atoms in total. The molecule has 0 bridgehead atoms. The summed E-state index contributed by atoms with van der Waals surface area (Å²) in [5.74, 6) is 0.175. The number of nitrogens with one attached hydrogen (secondary N) is 1. The molecule has 0 aliphatic heterocycles. The number of hydrogen-bond acceptors (Lipinski definition) is 2. The van der Waals surface area contributed by atoms with Crippen LogP contribution in [-0.2, 0) is 4.79 Å². The molecule has 0 spiro atoms. The molecule has 1 rings (SSSR count). The fourth-order valence-corrected chi connectivity index (χ4v) is 1.32. The van der Waals surface area contributed by atoms with Crippen LogP contribution in [0.5, 0.6) is 0 Å². The fraction of sp³-hybridized carbons (Fsp3) is 0.300. The van der Waals surface area contributed by atoms with E-state index in [1.54, 1.807) is 6.08 Å². The van der Waals surface area contributed by atoms with E-state index in [2.05, 4.69) is 18.8 Å². The molecule has 0 saturated carbocycles. The van der Waals surface area contributed by atoms with E-state index in [1.165, 1.54) is 6.08 Å². The minimum Gasteiger partial charge on any atom is -0.402 e. The minimum atomic E-state index is -0.204. The van der Waals surface area contributed by atoms with Crippen LogP contribution in [0.2, 0.25) is 0 Å². The summed E-state index contributed by atoms with van der Waals surface area (Å²) in [7, 11) is 0. The third kappa shape index (κ3) is 2.78. The zero-order valence-electron chi connectivity index (χ0n) is 7.71. The average molecular weight is 178 g/mol. The van der Waals surface area contributed by atoms with E-state index < -0.39 is 0 Å². The Balaban J connectivity index is 2.69. The zero-order chi connectivity index (χ0) is 9.84. The first kappa shape index (κ1) is 9.58. The van der Waals surface area contributed by atoms with Crippen LogP contribution in [0.1, 0.15) is 13.3 Å². The van der Waals surface area contributed by atoms with Crippen LogP contribution in [0.3, 0.4) is 0 Å². The molecule has 1 atom stereocenters. The topological polar surface area (TPSA) is 55.1 Å². The maximum Gasteiger partial charge on any atom is 0.247 e. The van der Waals surface area contributed by atoms with Crippen LogP contribution < -0.4 is 11.1 Å². The lowest BCUT2D eigenvalue weighted by Crippen LogP contribution is -2.22. The Hall–Kier alpha value is -1.51. The van der Waals surface area contributed by atoms with Crippen molar-refractivity contribution in [2.75, 3.05) is 0 Å². The molecule has 0 heterocycles. The maximum absolute atomic E-state index is 11.0. The van der Waals surface area contributed by atoms with Crippen LogP contribution >= 0.6 is 0 Å². The lowest BCUT2D eigenvalue weighted by Gasteiger charge is -2.15. The van der Waals surface area contributed by atoms with Gasteiger partial charge in [-0.1, -0.05) is 19.6 Å². The van der Waals surface area contributed by atoms with Gasteiger partial charge in [0.1, 0.15) is 0 Å². The molecule has 1 aliphatic carbocycles. The van der Waals surface area contributed by atoms with Crippen molar-refractivity contribution in [3.8, 4) is 0 Å². The summed E-state index contributed by atoms with van der Waals surface area (Å²) >= 11 is 0. The van der Waals surface area contributed by atoms with Gasteiger partial charge in [0.25, 0.3) is 0 Å². The second-order valence-electron chi connectivity index (χ2n) is 3.22. The number of hydrogen-bond donors (Lipinski definition) is 2. The van der Waals surface area contributed by atoms with Crippen LogP contribution in [0.15, 0.2) is 36.2 Å². The molecule has 1 amide bonds. The van der Waals surface area contributed by atoms with Crippen molar-refractivity contribution >= 4 is 5.91 Å². The highest BCUT2D eigenvalue weighted by Gasteiger charge is 2.09. The van der Waals surface area contributed by atoms with Crippen molar-refractivity contribution in [2.24, 2.45) is 11.7 Å². The molecule has 70 valence electrons. The van der Waals surface area contributed by atoms with E-state index in [1.807, 2.05) is 6.08 Å². The van der Waals surface area contributed by atoms with Crippen molar-refractivity contribution < 1.29 is 4.79 Å². The van der Waals surface area contributed by atoms with Crippen molar-refractivity contribution in [1.29, 1.82) is 0 Å². The first-order valence-electron chi connectivity index (χ1n) is 4.23. The van der Waals surface area contributed by atoms with Gasteiger partial charge < -0.3 is 11.1 Å². The van der Waals surface area contributed by atoms with Gasteiger partial charge in [-0.05, 0) is 24.5 Å². The molecule has 0 radical (unpaired) electrons. The quantitative estimate of drug-likeness (QED) is 0.621. The third-order valence-corrected chi connectivity index (χ3v) is 1.82. The lowest BCUT2D eigenvalue weighted by molar-refractivity contribution is -0.115. The van der Waals surface area contributed by atoms with E-state index in [-0.39, 0.29) is 5.91 Å². The van der Waals surface area contributed by atoms with Crippen LogP contribution in [0.25, 0.3) is 0 Å². The molecular weight excluding hydrogens is 164 g/mol. The van der Waals surface area contributed by atoms with Crippen molar-refractivity contribution in [3.63, 3.8) is 0 Å². The van der Waals surface area contributed by atoms with Crippen molar-refractivity contribution in [1.82, 2.24) is 5.32 Å². The third-order valence-electron chi connectivity index (χ3n) is 1.82. The van der Waals surface area contributed by atoms with E-state index in [9.17, 15) is 4.79 Å². The minimum absolute atomic E-state index is 0.204. The number of carbonyl (C=O) groups excluding carboxylic acids is 1. The van der Waals surface area contributed by atoms with E-state index in [0.29, 0.717) is 5.92 Å². The Morgan fingerprint density at radius 1 is 1.85 bits per heavy atom. The van der Waals surface area contributed by atoms with E-state index in [0.717, 1.165) is 17.8 Å². The molecule has 3 N–H and O–H groups in total. The Kier molecular flexibility index (Phi) is 2.90. The van der Waals surface area contributed by atoms with Gasteiger partial charge >= 0.3 is 0 Å². The van der Waals surface area contributed by atoms with Gasteiger partial charge in [-0.3, -0.25) is 4.79 Å². The number of carbonyl (C=O) groups is 1. The summed E-state index contributed by atoms with van der Waals surface area (Å²) < 4.78 is 0. The number of allylic oxidation sites excluding steroid dienone is 3. The molecule has 0 saturated heterocycles. The first-order chi connectivity index (χ1) is 6.11. The number of rotatable bonds is 2. The summed E-state index contributed by atoms with van der Waals surface area (Å²) in [5, 5.41) is 2.68. The second-order valence-corrected chi connectivity index (χ2v) is 3.22. The van der Waals surface area contributed by atoms with Gasteiger partial charge in [-0.25, -0.2) is 0 Å². The fourth-order valence-electron chi connectivity index (χ4n) is 1.32. The first-order valence-corrected chi connectivity index (χ1v) is 4.23. The summed E-state index contributed by atoms with van der Waals surface area (Å²) in [4.78, 5) is 11.0. The molecule has 13 heavy (non-hydrogen) atoms. The van der Waals surface area contributed by atoms with Gasteiger partial charge in [0.05, 0.1) is 0 Å². The highest BCUT2D eigenvalue weighted by atomic mass is 16.1. The SMILES string of the molecule is C=CC(=O)NC1=CC(C)CC(N)=C1. The maximum atomic E-state index is 11.0. The van der Waals surface area contributed by atoms with Crippen LogP contribution in [0, 0.1) is 5.92 Å². The van der Waals surface area contributed by atoms with Gasteiger partial charge in [0, 0.05) is 11.4 Å². The molecule has 0 aromatic heterocycles. The standard InChI is InChI=1S/C10H14N2O/c1-3-10(13)12-9-5-7(2)4-8(11)6-9/h3,5-7H,1,4,11H2,2H3,(H,12,13). The highest BCUT2D eigenvalue weighted by molar-refractivity contribution is 5.88. The Morgan fingerprint density at radius 3 is 3.08 bits per heavy atom. The Labute approximate surface area is 78.0 Å². The lowest BCUT2D eigenvalue weighted by atomic mass is 9.99. The second kappa shape index (κ2) is 3.94. The largest absolute Gasteiger partial charge is 0.402 e. The summed E-state index contributed by atoms with van der Waals surface area (Å²) in [6.07, 6.45) is 5.86. The predicted octanol–water partition coefficient (Wildman–Crippen LogP) is 1.05. The number of amides is 1. The monoisotopic (exact) mass is 178 g/mol. The normalized spacial score (nSPS) is 21.5. The van der Waals surface area contributed by atoms with Gasteiger partial charge in [0.15, 0.2) is 0 Å². The smallest absolute Gasteiger partial charge is 0.247 e. The molecule has 1 unspecified atom stereocenters. The van der Waals surface area contributed by atoms with Gasteiger partial charge in [0.2, 0.25) is 5.91 Å². The van der Waals surface area contributed by atoms with Gasteiger partial charge in [-0.15, -0.1) is 0 Å². The Morgan fingerprint density at radius 2 is 2.54 bits per heavy atom. The molecule has 3 heteroatoms. The van der Waals surface area contributed by atoms with Gasteiger partial charge in [-0.2, -0.15) is 0 Å². The Bertz CT molecular complexity index is 289. The molecule has 0 fully saturated rings. The average Bonchev–Trinajstić information content (AvgIpc) is 2.02. The molecule has 0 aromatic rings. The van der Waals surface area contributed by atoms with Crippen LogP contribution in [0.4, 0.5) is 0 Å².